The first kappa shape index (κ1) is 24.3. The van der Waals surface area contributed by atoms with Crippen LogP contribution in [0.15, 0.2) is 47.4 Å². The third kappa shape index (κ3) is 4.21. The Morgan fingerprint density at radius 3 is 2.21 bits per heavy atom. The molecule has 0 radical (unpaired) electrons. The Morgan fingerprint density at radius 2 is 1.62 bits per heavy atom. The first-order valence-corrected chi connectivity index (χ1v) is 12.8. The molecule has 2 aromatic carbocycles. The van der Waals surface area contributed by atoms with Gasteiger partial charge in [-0.1, -0.05) is 12.1 Å². The number of nitrogens with zero attached hydrogens (tertiary/aromatic N) is 1. The van der Waals surface area contributed by atoms with Crippen molar-refractivity contribution >= 4 is 21.7 Å². The smallest absolute Gasteiger partial charge is 0.306 e. The quantitative estimate of drug-likeness (QED) is 0.637. The van der Waals surface area contributed by atoms with Crippen LogP contribution in [0.2, 0.25) is 0 Å². The number of carbonyl (C=O) groups excluding carboxylic acids is 1. The van der Waals surface area contributed by atoms with E-state index >= 15 is 0 Å². The van der Waals surface area contributed by atoms with Gasteiger partial charge < -0.3 is 10.0 Å². The maximum Gasteiger partial charge on any atom is 0.306 e. The predicted molar refractivity (Wildman–Crippen MR) is 121 cm³/mol. The topological polar surface area (TPSA) is 91.8 Å². The second-order valence-corrected chi connectivity index (χ2v) is 11.6. The maximum atomic E-state index is 14.5. The molecule has 182 valence electrons. The normalized spacial score (nSPS) is 25.3. The SMILES string of the molecule is Cc1ccc([C@]2(S(=O)(=O)c3ccc(F)cc3)CCN(C(=O)C3CCC(C(=O)O)CC3)C2)cc1F. The summed E-state index contributed by atoms with van der Waals surface area (Å²) in [6.45, 7) is 1.61. The zero-order valence-corrected chi connectivity index (χ0v) is 19.7. The molecule has 1 heterocycles. The lowest BCUT2D eigenvalue weighted by atomic mass is 9.81. The minimum absolute atomic E-state index is 0.0748. The van der Waals surface area contributed by atoms with Gasteiger partial charge in [-0.25, -0.2) is 17.2 Å². The summed E-state index contributed by atoms with van der Waals surface area (Å²) in [7, 11) is -4.12. The van der Waals surface area contributed by atoms with E-state index in [1.807, 2.05) is 0 Å². The number of amides is 1. The van der Waals surface area contributed by atoms with Gasteiger partial charge in [-0.2, -0.15) is 0 Å². The van der Waals surface area contributed by atoms with Crippen molar-refractivity contribution in [1.29, 1.82) is 0 Å². The highest BCUT2D eigenvalue weighted by Gasteiger charge is 2.53. The van der Waals surface area contributed by atoms with Gasteiger partial charge in [0.05, 0.1) is 10.8 Å². The number of halogens is 2. The number of carboxylic acid groups (broad SMARTS) is 1. The fourth-order valence-electron chi connectivity index (χ4n) is 5.14. The van der Waals surface area contributed by atoms with E-state index in [9.17, 15) is 31.9 Å². The molecule has 2 aliphatic rings. The molecule has 0 bridgehead atoms. The third-order valence-electron chi connectivity index (χ3n) is 7.31. The van der Waals surface area contributed by atoms with Crippen molar-refractivity contribution in [2.75, 3.05) is 13.1 Å². The zero-order valence-electron chi connectivity index (χ0n) is 18.8. The Kier molecular flexibility index (Phi) is 6.50. The summed E-state index contributed by atoms with van der Waals surface area (Å²) < 4.78 is 54.2. The van der Waals surface area contributed by atoms with Gasteiger partial charge in [0, 0.05) is 19.0 Å². The number of benzene rings is 2. The van der Waals surface area contributed by atoms with Crippen molar-refractivity contribution in [1.82, 2.24) is 4.90 Å². The third-order valence-corrected chi connectivity index (χ3v) is 9.80. The van der Waals surface area contributed by atoms with E-state index in [-0.39, 0.29) is 41.8 Å². The van der Waals surface area contributed by atoms with Gasteiger partial charge in [-0.05, 0) is 80.5 Å². The molecule has 1 saturated heterocycles. The number of aliphatic carboxylic acids is 1. The first-order valence-electron chi connectivity index (χ1n) is 11.3. The van der Waals surface area contributed by atoms with Crippen LogP contribution in [0, 0.1) is 30.4 Å². The molecule has 1 N–H and O–H groups in total. The predicted octanol–water partition coefficient (Wildman–Crippen LogP) is 4.07. The fourth-order valence-corrected chi connectivity index (χ4v) is 7.21. The van der Waals surface area contributed by atoms with Gasteiger partial charge in [-0.3, -0.25) is 9.59 Å². The van der Waals surface area contributed by atoms with Crippen molar-refractivity contribution in [2.24, 2.45) is 11.8 Å². The lowest BCUT2D eigenvalue weighted by Gasteiger charge is -2.32. The van der Waals surface area contributed by atoms with E-state index in [1.54, 1.807) is 13.0 Å². The van der Waals surface area contributed by atoms with Crippen molar-refractivity contribution in [3.05, 3.63) is 65.2 Å². The fraction of sp³-hybridized carbons (Fsp3) is 0.440. The van der Waals surface area contributed by atoms with Gasteiger partial charge >= 0.3 is 5.97 Å². The molecule has 1 amide bonds. The summed E-state index contributed by atoms with van der Waals surface area (Å²) in [5, 5.41) is 9.21. The molecule has 2 fully saturated rings. The molecule has 1 aliphatic heterocycles. The minimum atomic E-state index is -4.12. The molecule has 6 nitrogen and oxygen atoms in total. The Morgan fingerprint density at radius 1 is 1.00 bits per heavy atom. The molecule has 0 spiro atoms. The molecule has 1 saturated carbocycles. The van der Waals surface area contributed by atoms with E-state index in [0.29, 0.717) is 31.2 Å². The lowest BCUT2D eigenvalue weighted by molar-refractivity contribution is -0.145. The van der Waals surface area contributed by atoms with Gasteiger partial charge in [-0.15, -0.1) is 0 Å². The van der Waals surface area contributed by atoms with E-state index in [1.165, 1.54) is 29.2 Å². The Labute approximate surface area is 197 Å². The molecule has 34 heavy (non-hydrogen) atoms. The molecule has 1 atom stereocenters. The van der Waals surface area contributed by atoms with Crippen LogP contribution in [0.5, 0.6) is 0 Å². The van der Waals surface area contributed by atoms with Gasteiger partial charge in [0.15, 0.2) is 9.84 Å². The molecular weight excluding hydrogens is 464 g/mol. The molecule has 0 aromatic heterocycles. The van der Waals surface area contributed by atoms with Gasteiger partial charge in [0.25, 0.3) is 0 Å². The highest BCUT2D eigenvalue weighted by Crippen LogP contribution is 2.44. The second kappa shape index (κ2) is 9.09. The summed E-state index contributed by atoms with van der Waals surface area (Å²) in [6, 6.07) is 8.81. The van der Waals surface area contributed by atoms with Crippen LogP contribution in [0.4, 0.5) is 8.78 Å². The van der Waals surface area contributed by atoms with E-state index in [4.69, 9.17) is 0 Å². The lowest BCUT2D eigenvalue weighted by Crippen LogP contribution is -2.43. The average Bonchev–Trinajstić information content (AvgIpc) is 3.28. The summed E-state index contributed by atoms with van der Waals surface area (Å²) in [4.78, 5) is 25.9. The van der Waals surface area contributed by atoms with Crippen LogP contribution in [0.25, 0.3) is 0 Å². The molecule has 4 rings (SSSR count). The molecule has 0 unspecified atom stereocenters. The largest absolute Gasteiger partial charge is 0.481 e. The number of carbonyl (C=O) groups is 2. The molecule has 1 aliphatic carbocycles. The average molecular weight is 492 g/mol. The van der Waals surface area contributed by atoms with Gasteiger partial charge in [0.1, 0.15) is 16.4 Å². The highest BCUT2D eigenvalue weighted by molar-refractivity contribution is 7.92. The number of aryl methyl sites for hydroxylation is 1. The van der Waals surface area contributed by atoms with Crippen molar-refractivity contribution in [3.63, 3.8) is 0 Å². The van der Waals surface area contributed by atoms with Crippen LogP contribution in [-0.4, -0.2) is 43.4 Å². The van der Waals surface area contributed by atoms with Crippen LogP contribution < -0.4 is 0 Å². The number of rotatable bonds is 5. The summed E-state index contributed by atoms with van der Waals surface area (Å²) in [5.74, 6) is -3.01. The van der Waals surface area contributed by atoms with Crippen LogP contribution in [0.1, 0.15) is 43.2 Å². The maximum absolute atomic E-state index is 14.5. The number of hydrogen-bond donors (Lipinski definition) is 1. The van der Waals surface area contributed by atoms with Crippen LogP contribution >= 0.6 is 0 Å². The molecular formula is C25H27F2NO5S. The number of carboxylic acids is 1. The summed E-state index contributed by atoms with van der Waals surface area (Å²) >= 11 is 0. The summed E-state index contributed by atoms with van der Waals surface area (Å²) in [6.07, 6.45) is 1.75. The standard InChI is InChI=1S/C25H27F2NO5S/c1-16-2-7-19(14-22(16)27)25(34(32,33)21-10-8-20(26)9-11-21)12-13-28(15-25)23(29)17-3-5-18(6-4-17)24(30)31/h2,7-11,14,17-18H,3-6,12-13,15H2,1H3,(H,30,31)/t17?,18?,25-/m0/s1. The number of hydrogen-bond acceptors (Lipinski definition) is 4. The Hall–Kier alpha value is -2.81. The zero-order chi connectivity index (χ0) is 24.7. The van der Waals surface area contributed by atoms with Gasteiger partial charge in [0.2, 0.25) is 5.91 Å². The van der Waals surface area contributed by atoms with E-state index in [2.05, 4.69) is 0 Å². The minimum Gasteiger partial charge on any atom is -0.481 e. The Balaban J connectivity index is 1.68. The monoisotopic (exact) mass is 491 g/mol. The van der Waals surface area contributed by atoms with E-state index < -0.39 is 38.1 Å². The first-order chi connectivity index (χ1) is 16.0. The van der Waals surface area contributed by atoms with Crippen molar-refractivity contribution in [2.45, 2.75) is 48.7 Å². The van der Waals surface area contributed by atoms with Crippen molar-refractivity contribution in [3.8, 4) is 0 Å². The number of likely N-dealkylation sites (tertiary alicyclic amines) is 1. The second-order valence-electron chi connectivity index (χ2n) is 9.31. The van der Waals surface area contributed by atoms with E-state index in [0.717, 1.165) is 12.1 Å². The highest BCUT2D eigenvalue weighted by atomic mass is 32.2. The van der Waals surface area contributed by atoms with Crippen LogP contribution in [0.3, 0.4) is 0 Å². The van der Waals surface area contributed by atoms with Crippen LogP contribution in [-0.2, 0) is 24.2 Å². The summed E-state index contributed by atoms with van der Waals surface area (Å²) in [5.41, 5.74) is 0.629. The number of sulfone groups is 1. The van der Waals surface area contributed by atoms with Crippen molar-refractivity contribution < 1.29 is 31.9 Å². The molecule has 2 aromatic rings. The molecule has 9 heteroatoms. The Bertz CT molecular complexity index is 1210.